The van der Waals surface area contributed by atoms with Crippen molar-refractivity contribution in [2.75, 3.05) is 18.4 Å². The highest BCUT2D eigenvalue weighted by atomic mass is 16.3. The molecule has 1 aromatic carbocycles. The van der Waals surface area contributed by atoms with E-state index in [1.165, 1.54) is 30.4 Å². The molecular weight excluding hydrogens is 390 g/mol. The van der Waals surface area contributed by atoms with Gasteiger partial charge in [-0.15, -0.1) is 0 Å². The van der Waals surface area contributed by atoms with Crippen LogP contribution in [0.15, 0.2) is 59.0 Å². The average Bonchev–Trinajstić information content (AvgIpc) is 3.18. The molecule has 0 spiro atoms. The highest BCUT2D eigenvalue weighted by Gasteiger charge is 2.06. The normalized spacial score (nSPS) is 10.8. The lowest BCUT2D eigenvalue weighted by atomic mass is 10.2. The van der Waals surface area contributed by atoms with Gasteiger partial charge >= 0.3 is 6.03 Å². The van der Waals surface area contributed by atoms with Crippen LogP contribution in [0, 0.1) is 0 Å². The lowest BCUT2D eigenvalue weighted by Crippen LogP contribution is -2.24. The largest absolute Gasteiger partial charge is 0.452 e. The molecule has 1 heterocycles. The first-order valence-corrected chi connectivity index (χ1v) is 8.80. The van der Waals surface area contributed by atoms with Crippen LogP contribution in [0.1, 0.15) is 26.7 Å². The van der Waals surface area contributed by atoms with Crippen molar-refractivity contribution in [1.82, 2.24) is 10.6 Å². The summed E-state index contributed by atoms with van der Waals surface area (Å²) in [5.41, 5.74) is 10.9. The lowest BCUT2D eigenvalue weighted by Gasteiger charge is -2.05. The molecule has 0 fully saturated rings. The predicted octanol–water partition coefficient (Wildman–Crippen LogP) is 0.985. The molecule has 0 saturated heterocycles. The molecule has 1 aromatic heterocycles. The van der Waals surface area contributed by atoms with Gasteiger partial charge in [-0.25, -0.2) is 4.79 Å². The van der Waals surface area contributed by atoms with Crippen molar-refractivity contribution >= 4 is 35.5 Å². The van der Waals surface area contributed by atoms with Crippen LogP contribution in [0.25, 0.3) is 6.08 Å². The van der Waals surface area contributed by atoms with Crippen LogP contribution in [0.4, 0.5) is 10.5 Å². The van der Waals surface area contributed by atoms with Gasteiger partial charge in [0.25, 0.3) is 11.8 Å². The number of carbonyl (C=O) groups is 4. The fourth-order valence-corrected chi connectivity index (χ4v) is 2.25. The number of amides is 5. The Labute approximate surface area is 172 Å². The molecule has 2 aromatic rings. The first kappa shape index (κ1) is 22.0. The molecular formula is C20H21N5O5. The number of urea groups is 1. The van der Waals surface area contributed by atoms with Crippen LogP contribution in [0.5, 0.6) is 0 Å². The predicted molar refractivity (Wildman–Crippen MR) is 110 cm³/mol. The third-order valence-corrected chi connectivity index (χ3v) is 3.60. The molecule has 0 aliphatic heterocycles. The molecule has 0 unspecified atom stereocenters. The smallest absolute Gasteiger partial charge is 0.316 e. The second-order valence-electron chi connectivity index (χ2n) is 5.90. The van der Waals surface area contributed by atoms with Gasteiger partial charge in [0.2, 0.25) is 5.91 Å². The molecule has 0 saturated carbocycles. The van der Waals surface area contributed by atoms with Crippen molar-refractivity contribution in [3.8, 4) is 0 Å². The highest BCUT2D eigenvalue weighted by molar-refractivity contribution is 5.96. The number of hydrogen-bond donors (Lipinski definition) is 5. The van der Waals surface area contributed by atoms with Gasteiger partial charge in [0.1, 0.15) is 5.76 Å². The third kappa shape index (κ3) is 7.35. The minimum atomic E-state index is -0.716. The van der Waals surface area contributed by atoms with Crippen LogP contribution in [-0.4, -0.2) is 36.8 Å². The number of benzene rings is 1. The van der Waals surface area contributed by atoms with E-state index in [0.717, 1.165) is 0 Å². The van der Waals surface area contributed by atoms with Crippen LogP contribution < -0.4 is 27.4 Å². The zero-order valence-electron chi connectivity index (χ0n) is 15.9. The number of furan rings is 1. The quantitative estimate of drug-likeness (QED) is 0.305. The Kier molecular flexibility index (Phi) is 7.94. The van der Waals surface area contributed by atoms with Gasteiger partial charge in [0.15, 0.2) is 5.76 Å². The van der Waals surface area contributed by atoms with E-state index in [1.807, 2.05) is 0 Å². The maximum atomic E-state index is 12.1. The number of anilines is 1. The summed E-state index contributed by atoms with van der Waals surface area (Å²) in [6.45, 7) is 0.502. The van der Waals surface area contributed by atoms with Gasteiger partial charge in [0.05, 0.1) is 0 Å². The third-order valence-electron chi connectivity index (χ3n) is 3.60. The standard InChI is InChI=1S/C20H21N5O5/c21-18(27)16-8-6-15(30-16)7-9-17(26)23-10-1-2-11-24-19(28)13-4-3-5-14(12-13)25-20(22)29/h1-9,12H,10-11H2,(H2,21,27)(H,23,26)(H,24,28)(H3,22,25,29)/b2-1+,9-7+. The summed E-state index contributed by atoms with van der Waals surface area (Å²) in [7, 11) is 0. The summed E-state index contributed by atoms with van der Waals surface area (Å²) >= 11 is 0. The minimum Gasteiger partial charge on any atom is -0.452 e. The SMILES string of the molecule is NC(=O)Nc1cccc(C(=O)NC/C=C/CNC(=O)/C=C/c2ccc(C(N)=O)o2)c1. The average molecular weight is 411 g/mol. The summed E-state index contributed by atoms with van der Waals surface area (Å²) in [5.74, 6) is -1.04. The van der Waals surface area contributed by atoms with E-state index < -0.39 is 11.9 Å². The fourth-order valence-electron chi connectivity index (χ4n) is 2.25. The fraction of sp³-hybridized carbons (Fsp3) is 0.100. The van der Waals surface area contributed by atoms with Crippen molar-refractivity contribution in [3.63, 3.8) is 0 Å². The van der Waals surface area contributed by atoms with E-state index in [1.54, 1.807) is 30.4 Å². The maximum absolute atomic E-state index is 12.1. The monoisotopic (exact) mass is 411 g/mol. The van der Waals surface area contributed by atoms with Crippen molar-refractivity contribution in [2.24, 2.45) is 11.5 Å². The van der Waals surface area contributed by atoms with E-state index in [2.05, 4.69) is 16.0 Å². The number of rotatable bonds is 9. The molecule has 0 radical (unpaired) electrons. The summed E-state index contributed by atoms with van der Waals surface area (Å²) in [5, 5.41) is 7.69. The second-order valence-corrected chi connectivity index (χ2v) is 5.90. The Morgan fingerprint density at radius 1 is 0.967 bits per heavy atom. The molecule has 10 heteroatoms. The molecule has 0 bridgehead atoms. The molecule has 5 amide bonds. The summed E-state index contributed by atoms with van der Waals surface area (Å²) in [4.78, 5) is 45.6. The lowest BCUT2D eigenvalue weighted by molar-refractivity contribution is -0.116. The zero-order chi connectivity index (χ0) is 21.9. The number of hydrogen-bond acceptors (Lipinski definition) is 5. The highest BCUT2D eigenvalue weighted by Crippen LogP contribution is 2.10. The summed E-state index contributed by atoms with van der Waals surface area (Å²) in [6, 6.07) is 8.56. The van der Waals surface area contributed by atoms with Crippen molar-refractivity contribution in [2.45, 2.75) is 0 Å². The number of primary amides is 2. The molecule has 0 aliphatic carbocycles. The Bertz CT molecular complexity index is 993. The molecule has 0 atom stereocenters. The van der Waals surface area contributed by atoms with Gasteiger partial charge in [-0.2, -0.15) is 0 Å². The van der Waals surface area contributed by atoms with Crippen LogP contribution in [0.2, 0.25) is 0 Å². The number of carbonyl (C=O) groups excluding carboxylic acids is 4. The van der Waals surface area contributed by atoms with Crippen molar-refractivity contribution in [1.29, 1.82) is 0 Å². The van der Waals surface area contributed by atoms with E-state index in [0.29, 0.717) is 17.0 Å². The van der Waals surface area contributed by atoms with E-state index in [-0.39, 0.29) is 30.7 Å². The van der Waals surface area contributed by atoms with Crippen LogP contribution in [-0.2, 0) is 4.79 Å². The Morgan fingerprint density at radius 2 is 1.70 bits per heavy atom. The van der Waals surface area contributed by atoms with E-state index in [9.17, 15) is 19.2 Å². The van der Waals surface area contributed by atoms with Gasteiger partial charge in [-0.3, -0.25) is 14.4 Å². The Balaban J connectivity index is 1.70. The minimum absolute atomic E-state index is 0.0101. The Morgan fingerprint density at radius 3 is 2.37 bits per heavy atom. The summed E-state index contributed by atoms with van der Waals surface area (Å²) < 4.78 is 5.12. The molecule has 10 nitrogen and oxygen atoms in total. The molecule has 156 valence electrons. The van der Waals surface area contributed by atoms with Gasteiger partial charge in [-0.05, 0) is 36.4 Å². The van der Waals surface area contributed by atoms with Crippen LogP contribution >= 0.6 is 0 Å². The molecule has 0 aliphatic rings. The second kappa shape index (κ2) is 10.9. The van der Waals surface area contributed by atoms with Crippen molar-refractivity contribution in [3.05, 3.63) is 71.7 Å². The van der Waals surface area contributed by atoms with E-state index in [4.69, 9.17) is 15.9 Å². The molecule has 30 heavy (non-hydrogen) atoms. The van der Waals surface area contributed by atoms with Gasteiger partial charge in [0, 0.05) is 30.4 Å². The molecule has 7 N–H and O–H groups in total. The van der Waals surface area contributed by atoms with Gasteiger partial charge in [-0.1, -0.05) is 18.2 Å². The maximum Gasteiger partial charge on any atom is 0.316 e. The topological polar surface area (TPSA) is 170 Å². The van der Waals surface area contributed by atoms with Crippen molar-refractivity contribution < 1.29 is 23.6 Å². The first-order valence-electron chi connectivity index (χ1n) is 8.80. The number of nitrogens with one attached hydrogen (secondary N) is 3. The van der Waals surface area contributed by atoms with Crippen LogP contribution in [0.3, 0.4) is 0 Å². The zero-order valence-corrected chi connectivity index (χ0v) is 15.9. The number of nitrogens with two attached hydrogens (primary N) is 2. The Hall–Kier alpha value is -4.34. The summed E-state index contributed by atoms with van der Waals surface area (Å²) in [6.07, 6.45) is 6.02. The first-order chi connectivity index (χ1) is 14.3. The molecule has 2 rings (SSSR count). The van der Waals surface area contributed by atoms with Gasteiger partial charge < -0.3 is 31.8 Å². The van der Waals surface area contributed by atoms with E-state index >= 15 is 0 Å².